The molecule has 130 valence electrons. The Morgan fingerprint density at radius 2 is 1.96 bits per heavy atom. The maximum atomic E-state index is 11.3. The zero-order valence-corrected chi connectivity index (χ0v) is 16.4. The molecule has 1 heterocycles. The van der Waals surface area contributed by atoms with E-state index < -0.39 is 0 Å². The third-order valence-electron chi connectivity index (χ3n) is 3.06. The zero-order valence-electron chi connectivity index (χ0n) is 14.0. The molecule has 0 saturated heterocycles. The number of rotatable bonds is 13. The molecule has 0 aliphatic rings. The van der Waals surface area contributed by atoms with Gasteiger partial charge in [-0.15, -0.1) is 10.2 Å². The fraction of sp³-hybridized carbons (Fsp3) is 0.688. The minimum absolute atomic E-state index is 0.0930. The fourth-order valence-corrected chi connectivity index (χ4v) is 5.03. The number of aromatic nitrogens is 2. The average molecular weight is 375 g/mol. The topological polar surface area (TPSA) is 52.1 Å². The third kappa shape index (κ3) is 9.37. The summed E-state index contributed by atoms with van der Waals surface area (Å²) in [6, 6.07) is 0. The smallest absolute Gasteiger partial charge is 0.330 e. The first-order valence-electron chi connectivity index (χ1n) is 8.11. The lowest BCUT2D eigenvalue weighted by Gasteiger charge is -2.14. The molecule has 0 bridgehead atoms. The second-order valence-electron chi connectivity index (χ2n) is 5.11. The van der Waals surface area contributed by atoms with Gasteiger partial charge in [-0.1, -0.05) is 81.0 Å². The summed E-state index contributed by atoms with van der Waals surface area (Å²) in [7, 11) is 0. The molecule has 1 aromatic heterocycles. The van der Waals surface area contributed by atoms with E-state index in [1.807, 2.05) is 0 Å². The second kappa shape index (κ2) is 12.8. The molecule has 4 nitrogen and oxygen atoms in total. The number of carbonyl (C=O) groups is 1. The van der Waals surface area contributed by atoms with Crippen LogP contribution in [0.25, 0.3) is 0 Å². The van der Waals surface area contributed by atoms with Gasteiger partial charge in [0.25, 0.3) is 0 Å². The van der Waals surface area contributed by atoms with Gasteiger partial charge in [0.05, 0.1) is 0 Å². The number of thioether (sulfide) groups is 2. The fourth-order valence-electron chi connectivity index (χ4n) is 1.88. The van der Waals surface area contributed by atoms with Gasteiger partial charge in [0.2, 0.25) is 0 Å². The zero-order chi connectivity index (χ0) is 16.9. The maximum absolute atomic E-state index is 11.3. The molecule has 0 aliphatic heterocycles. The van der Waals surface area contributed by atoms with E-state index in [0.29, 0.717) is 5.75 Å². The van der Waals surface area contributed by atoms with Crippen molar-refractivity contribution in [1.29, 1.82) is 0 Å². The van der Waals surface area contributed by atoms with Crippen molar-refractivity contribution in [3.05, 3.63) is 12.7 Å². The lowest BCUT2D eigenvalue weighted by Crippen LogP contribution is -2.19. The van der Waals surface area contributed by atoms with Crippen LogP contribution in [0.15, 0.2) is 21.3 Å². The number of unbranched alkanes of at least 4 members (excludes halogenated alkanes) is 3. The number of carbonyl (C=O) groups excluding carboxylic acids is 1. The molecule has 1 atom stereocenters. The van der Waals surface area contributed by atoms with Gasteiger partial charge in [-0.3, -0.25) is 0 Å². The Morgan fingerprint density at radius 1 is 1.22 bits per heavy atom. The van der Waals surface area contributed by atoms with E-state index in [1.165, 1.54) is 31.8 Å². The molecule has 7 heteroatoms. The number of hydrogen-bond acceptors (Lipinski definition) is 7. The van der Waals surface area contributed by atoms with Crippen LogP contribution in [0.1, 0.15) is 52.4 Å². The molecular weight excluding hydrogens is 348 g/mol. The first kappa shape index (κ1) is 20.5. The maximum Gasteiger partial charge on any atom is 0.330 e. The predicted molar refractivity (Wildman–Crippen MR) is 100 cm³/mol. The van der Waals surface area contributed by atoms with Gasteiger partial charge in [0, 0.05) is 17.6 Å². The highest BCUT2D eigenvalue weighted by Crippen LogP contribution is 2.30. The van der Waals surface area contributed by atoms with Crippen LogP contribution in [0.4, 0.5) is 0 Å². The van der Waals surface area contributed by atoms with E-state index in [1.54, 1.807) is 34.9 Å². The average Bonchev–Trinajstić information content (AvgIpc) is 3.00. The number of nitrogens with zero attached hydrogens (tertiary/aromatic N) is 2. The highest BCUT2D eigenvalue weighted by Gasteiger charge is 2.14. The summed E-state index contributed by atoms with van der Waals surface area (Å²) in [6.45, 7) is 7.74. The van der Waals surface area contributed by atoms with E-state index in [2.05, 4.69) is 30.6 Å². The molecule has 0 N–H and O–H groups in total. The standard InChI is InChI=1S/C16H26N2O2S3/c1-4-7-8-9-11-21-15-17-18-16(23-15)22-12-13(10-5-2)20-14(19)6-3/h6,13H,3-5,7-12H2,1-2H3. The van der Waals surface area contributed by atoms with Crippen molar-refractivity contribution in [3.8, 4) is 0 Å². The van der Waals surface area contributed by atoms with E-state index in [9.17, 15) is 4.79 Å². The summed E-state index contributed by atoms with van der Waals surface area (Å²) >= 11 is 5.02. The van der Waals surface area contributed by atoms with Gasteiger partial charge in [-0.2, -0.15) is 0 Å². The lowest BCUT2D eigenvalue weighted by molar-refractivity contribution is -0.142. The van der Waals surface area contributed by atoms with Crippen molar-refractivity contribution < 1.29 is 9.53 Å². The summed E-state index contributed by atoms with van der Waals surface area (Å²) in [5.74, 6) is 1.46. The molecule has 0 aliphatic carbocycles. The van der Waals surface area contributed by atoms with Crippen LogP contribution in [0, 0.1) is 0 Å². The molecule has 0 fully saturated rings. The highest BCUT2D eigenvalue weighted by molar-refractivity contribution is 8.03. The Hall–Kier alpha value is -0.530. The van der Waals surface area contributed by atoms with Crippen molar-refractivity contribution in [2.75, 3.05) is 11.5 Å². The van der Waals surface area contributed by atoms with Crippen LogP contribution >= 0.6 is 34.9 Å². The Morgan fingerprint density at radius 3 is 2.61 bits per heavy atom. The van der Waals surface area contributed by atoms with Crippen LogP contribution in [0.5, 0.6) is 0 Å². The Labute approximate surface area is 151 Å². The lowest BCUT2D eigenvalue weighted by atomic mass is 10.2. The SMILES string of the molecule is C=CC(=O)OC(CCC)CSc1nnc(SCCCCCC)s1. The van der Waals surface area contributed by atoms with E-state index in [4.69, 9.17) is 4.74 Å². The highest BCUT2D eigenvalue weighted by atomic mass is 32.2. The molecule has 0 aromatic carbocycles. The molecule has 1 aromatic rings. The van der Waals surface area contributed by atoms with Gasteiger partial charge in [0.15, 0.2) is 8.68 Å². The second-order valence-corrected chi connectivity index (χ2v) is 8.69. The molecular formula is C16H26N2O2S3. The summed E-state index contributed by atoms with van der Waals surface area (Å²) in [4.78, 5) is 11.3. The minimum atomic E-state index is -0.357. The first-order chi connectivity index (χ1) is 11.2. The van der Waals surface area contributed by atoms with Gasteiger partial charge in [-0.05, 0) is 12.8 Å². The van der Waals surface area contributed by atoms with E-state index in [0.717, 1.165) is 27.3 Å². The van der Waals surface area contributed by atoms with Crippen molar-refractivity contribution >= 4 is 40.8 Å². The summed E-state index contributed by atoms with van der Waals surface area (Å²) in [5.41, 5.74) is 0. The number of esters is 1. The molecule has 0 radical (unpaired) electrons. The van der Waals surface area contributed by atoms with Crippen LogP contribution in [-0.4, -0.2) is 33.8 Å². The van der Waals surface area contributed by atoms with Crippen molar-refractivity contribution in [2.45, 2.75) is 67.2 Å². The van der Waals surface area contributed by atoms with Crippen molar-refractivity contribution in [1.82, 2.24) is 10.2 Å². The third-order valence-corrected chi connectivity index (χ3v) is 6.47. The van der Waals surface area contributed by atoms with Gasteiger partial charge in [-0.25, -0.2) is 4.79 Å². The quantitative estimate of drug-likeness (QED) is 0.205. The van der Waals surface area contributed by atoms with Gasteiger partial charge >= 0.3 is 5.97 Å². The van der Waals surface area contributed by atoms with Crippen LogP contribution in [-0.2, 0) is 9.53 Å². The number of hydrogen-bond donors (Lipinski definition) is 0. The largest absolute Gasteiger partial charge is 0.458 e. The van der Waals surface area contributed by atoms with Gasteiger partial charge in [0.1, 0.15) is 6.10 Å². The summed E-state index contributed by atoms with van der Waals surface area (Å²) in [6.07, 6.45) is 8.04. The van der Waals surface area contributed by atoms with Crippen LogP contribution in [0.3, 0.4) is 0 Å². The molecule has 0 spiro atoms. The molecule has 1 rings (SSSR count). The van der Waals surface area contributed by atoms with Crippen LogP contribution in [0.2, 0.25) is 0 Å². The summed E-state index contributed by atoms with van der Waals surface area (Å²) in [5, 5.41) is 8.43. The minimum Gasteiger partial charge on any atom is -0.458 e. The van der Waals surface area contributed by atoms with Crippen LogP contribution < -0.4 is 0 Å². The van der Waals surface area contributed by atoms with E-state index >= 15 is 0 Å². The molecule has 1 unspecified atom stereocenters. The number of ether oxygens (including phenoxy) is 1. The summed E-state index contributed by atoms with van der Waals surface area (Å²) < 4.78 is 7.31. The molecule has 23 heavy (non-hydrogen) atoms. The van der Waals surface area contributed by atoms with Crippen molar-refractivity contribution in [3.63, 3.8) is 0 Å². The monoisotopic (exact) mass is 374 g/mol. The van der Waals surface area contributed by atoms with Crippen molar-refractivity contribution in [2.24, 2.45) is 0 Å². The Bertz CT molecular complexity index is 466. The van der Waals surface area contributed by atoms with E-state index in [-0.39, 0.29) is 12.1 Å². The normalized spacial score (nSPS) is 12.1. The Kier molecular flexibility index (Phi) is 11.5. The Balaban J connectivity index is 2.33. The first-order valence-corrected chi connectivity index (χ1v) is 10.9. The molecule has 0 saturated carbocycles. The molecule has 0 amide bonds. The van der Waals surface area contributed by atoms with Gasteiger partial charge < -0.3 is 4.74 Å². The predicted octanol–water partition coefficient (Wildman–Crippen LogP) is 5.20.